The lowest BCUT2D eigenvalue weighted by molar-refractivity contribution is 0.0949. The van der Waals surface area contributed by atoms with E-state index in [1.54, 1.807) is 18.2 Å². The van der Waals surface area contributed by atoms with Gasteiger partial charge in [-0.15, -0.1) is 0 Å². The Labute approximate surface area is 216 Å². The van der Waals surface area contributed by atoms with Crippen LogP contribution in [0.3, 0.4) is 0 Å². The largest absolute Gasteiger partial charge is 0.494 e. The molecule has 1 aliphatic heterocycles. The number of quaternary nitrogens is 1. The van der Waals surface area contributed by atoms with Gasteiger partial charge in [0.2, 0.25) is 5.43 Å². The number of benzene rings is 3. The molecule has 3 N–H and O–H groups in total. The number of nitrogens with zero attached hydrogens (tertiary/aromatic N) is 1. The van der Waals surface area contributed by atoms with Crippen molar-refractivity contribution in [1.82, 2.24) is 20.1 Å². The smallest absolute Gasteiger partial charge is 0.257 e. The maximum atomic E-state index is 13.0. The van der Waals surface area contributed by atoms with Crippen LogP contribution in [0.4, 0.5) is 5.69 Å². The van der Waals surface area contributed by atoms with Gasteiger partial charge in [-0.2, -0.15) is 0 Å². The van der Waals surface area contributed by atoms with Crippen molar-refractivity contribution in [2.24, 2.45) is 0 Å². The molecule has 0 spiro atoms. The number of ether oxygens (including phenoxy) is 1. The van der Waals surface area contributed by atoms with Crippen molar-refractivity contribution >= 4 is 22.5 Å². The van der Waals surface area contributed by atoms with Crippen LogP contribution in [0.2, 0.25) is 0 Å². The van der Waals surface area contributed by atoms with Crippen LogP contribution in [0, 0.1) is 0 Å². The molecule has 1 amide bonds. The monoisotopic (exact) mass is 497 g/mol. The molecule has 1 saturated heterocycles. The normalized spacial score (nSPS) is 14.8. The van der Waals surface area contributed by atoms with Gasteiger partial charge in [0, 0.05) is 42.3 Å². The molecule has 4 aromatic rings. The van der Waals surface area contributed by atoms with Crippen LogP contribution in [0.15, 0.2) is 83.8 Å². The van der Waals surface area contributed by atoms with E-state index in [0.29, 0.717) is 29.8 Å². The Balaban J connectivity index is 1.32. The van der Waals surface area contributed by atoms with E-state index >= 15 is 0 Å². The second-order valence-corrected chi connectivity index (χ2v) is 9.51. The molecule has 3 aromatic carbocycles. The standard InChI is InChI=1S/C30H32N4O3/c1-2-37-25-11-12-28-26(18-25)29(35)27(20-32-28)30(36)33-19-22-7-6-8-23(17-22)21-34(15-13-31-14-16-34)24-9-4-3-5-10-24/h3-12,17-18,20,31H,2,13-16,19,21H2,1H3,(H-,32,33,35,36)/p+1. The SMILES string of the molecule is CCOc1ccc2[nH]cc(C(=O)NCc3cccc(C[N+]4(c5ccccc5)CCNCC4)c3)c(=O)c2c1. The molecule has 5 rings (SSSR count). The van der Waals surface area contributed by atoms with Crippen molar-refractivity contribution < 1.29 is 9.53 Å². The summed E-state index contributed by atoms with van der Waals surface area (Å²) in [6.07, 6.45) is 1.48. The summed E-state index contributed by atoms with van der Waals surface area (Å²) in [6.45, 7) is 7.65. The number of para-hydroxylation sites is 1. The minimum absolute atomic E-state index is 0.0895. The van der Waals surface area contributed by atoms with Gasteiger partial charge in [0.05, 0.1) is 19.7 Å². The number of hydrogen-bond acceptors (Lipinski definition) is 4. The maximum absolute atomic E-state index is 13.0. The highest BCUT2D eigenvalue weighted by Gasteiger charge is 2.32. The number of fused-ring (bicyclic) bond motifs is 1. The van der Waals surface area contributed by atoms with E-state index in [-0.39, 0.29) is 11.0 Å². The van der Waals surface area contributed by atoms with E-state index in [1.165, 1.54) is 17.4 Å². The topological polar surface area (TPSA) is 83.2 Å². The lowest BCUT2D eigenvalue weighted by Gasteiger charge is -2.41. The van der Waals surface area contributed by atoms with Gasteiger partial charge in [0.1, 0.15) is 23.5 Å². The molecule has 7 heteroatoms. The highest BCUT2D eigenvalue weighted by Crippen LogP contribution is 2.27. The van der Waals surface area contributed by atoms with Crippen LogP contribution in [-0.2, 0) is 13.1 Å². The Morgan fingerprint density at radius 1 is 0.973 bits per heavy atom. The first-order valence-electron chi connectivity index (χ1n) is 12.8. The minimum Gasteiger partial charge on any atom is -0.494 e. The lowest BCUT2D eigenvalue weighted by Crippen LogP contribution is -2.59. The average Bonchev–Trinajstić information content (AvgIpc) is 2.94. The number of hydrogen-bond donors (Lipinski definition) is 3. The number of rotatable bonds is 8. The van der Waals surface area contributed by atoms with Crippen molar-refractivity contribution in [3.8, 4) is 5.75 Å². The van der Waals surface area contributed by atoms with E-state index in [2.05, 4.69) is 58.1 Å². The zero-order chi connectivity index (χ0) is 25.7. The number of pyridine rings is 1. The molecule has 0 bridgehead atoms. The predicted octanol–water partition coefficient (Wildman–Crippen LogP) is 3.97. The van der Waals surface area contributed by atoms with Crippen molar-refractivity contribution in [3.05, 3.63) is 106 Å². The molecule has 0 unspecified atom stereocenters. The third-order valence-corrected chi connectivity index (χ3v) is 7.07. The maximum Gasteiger partial charge on any atom is 0.257 e. The second-order valence-electron chi connectivity index (χ2n) is 9.51. The van der Waals surface area contributed by atoms with Gasteiger partial charge < -0.3 is 20.4 Å². The van der Waals surface area contributed by atoms with E-state index in [0.717, 1.165) is 42.8 Å². The van der Waals surface area contributed by atoms with Crippen LogP contribution < -0.4 is 25.3 Å². The van der Waals surface area contributed by atoms with Crippen molar-refractivity contribution in [1.29, 1.82) is 0 Å². The highest BCUT2D eigenvalue weighted by molar-refractivity contribution is 5.97. The Morgan fingerprint density at radius 2 is 1.76 bits per heavy atom. The third kappa shape index (κ3) is 5.43. The summed E-state index contributed by atoms with van der Waals surface area (Å²) >= 11 is 0. The van der Waals surface area contributed by atoms with Crippen molar-refractivity contribution in [3.63, 3.8) is 0 Å². The second kappa shape index (κ2) is 11.0. The van der Waals surface area contributed by atoms with Gasteiger partial charge >= 0.3 is 0 Å². The molecular formula is C30H33N4O3+. The van der Waals surface area contributed by atoms with Crippen molar-refractivity contribution in [2.45, 2.75) is 20.0 Å². The Bertz CT molecular complexity index is 1440. The molecule has 0 atom stereocenters. The molecule has 1 fully saturated rings. The molecule has 1 aliphatic rings. The quantitative estimate of drug-likeness (QED) is 0.322. The fourth-order valence-corrected chi connectivity index (χ4v) is 5.16. The van der Waals surface area contributed by atoms with Gasteiger partial charge in [0.25, 0.3) is 5.91 Å². The summed E-state index contributed by atoms with van der Waals surface area (Å²) in [5.74, 6) is 0.209. The Morgan fingerprint density at radius 3 is 2.54 bits per heavy atom. The van der Waals surface area contributed by atoms with Crippen LogP contribution in [0.1, 0.15) is 28.4 Å². The number of aromatic amines is 1. The number of amides is 1. The molecule has 1 aromatic heterocycles. The van der Waals surface area contributed by atoms with Crippen molar-refractivity contribution in [2.75, 3.05) is 32.8 Å². The summed E-state index contributed by atoms with van der Waals surface area (Å²) in [5, 5.41) is 6.85. The average molecular weight is 498 g/mol. The van der Waals surface area contributed by atoms with E-state index < -0.39 is 5.91 Å². The Kier molecular flexibility index (Phi) is 7.35. The summed E-state index contributed by atoms with van der Waals surface area (Å²) in [4.78, 5) is 29.1. The van der Waals surface area contributed by atoms with Crippen LogP contribution >= 0.6 is 0 Å². The third-order valence-electron chi connectivity index (χ3n) is 7.07. The van der Waals surface area contributed by atoms with Gasteiger partial charge in [-0.1, -0.05) is 36.4 Å². The van der Waals surface area contributed by atoms with Gasteiger partial charge in [-0.25, -0.2) is 0 Å². The molecule has 2 heterocycles. The first-order chi connectivity index (χ1) is 18.1. The van der Waals surface area contributed by atoms with E-state index in [4.69, 9.17) is 4.74 Å². The van der Waals surface area contributed by atoms with Gasteiger partial charge in [-0.3, -0.25) is 14.1 Å². The highest BCUT2D eigenvalue weighted by atomic mass is 16.5. The van der Waals surface area contributed by atoms with E-state index in [9.17, 15) is 9.59 Å². The first kappa shape index (κ1) is 24.7. The number of aromatic nitrogens is 1. The molecule has 0 saturated carbocycles. The molecule has 0 aliphatic carbocycles. The fourth-order valence-electron chi connectivity index (χ4n) is 5.16. The molecule has 0 radical (unpaired) electrons. The number of H-pyrrole nitrogens is 1. The Hall–Kier alpha value is -3.94. The minimum atomic E-state index is -0.398. The van der Waals surface area contributed by atoms with Gasteiger partial charge in [-0.05, 0) is 48.9 Å². The summed E-state index contributed by atoms with van der Waals surface area (Å²) in [6, 6.07) is 24.3. The lowest BCUT2D eigenvalue weighted by atomic mass is 10.1. The van der Waals surface area contributed by atoms with Crippen LogP contribution in [-0.4, -0.2) is 43.7 Å². The van der Waals surface area contributed by atoms with Gasteiger partial charge in [0.15, 0.2) is 0 Å². The first-order valence-corrected chi connectivity index (χ1v) is 12.8. The van der Waals surface area contributed by atoms with Crippen LogP contribution in [0.25, 0.3) is 10.9 Å². The predicted molar refractivity (Wildman–Crippen MR) is 148 cm³/mol. The number of piperazine rings is 1. The van der Waals surface area contributed by atoms with E-state index in [1.807, 2.05) is 19.1 Å². The molecule has 190 valence electrons. The molecular weight excluding hydrogens is 464 g/mol. The van der Waals surface area contributed by atoms with Crippen LogP contribution in [0.5, 0.6) is 5.75 Å². The molecule has 37 heavy (non-hydrogen) atoms. The summed E-state index contributed by atoms with van der Waals surface area (Å²) < 4.78 is 6.42. The zero-order valence-corrected chi connectivity index (χ0v) is 21.1. The molecule has 7 nitrogen and oxygen atoms in total. The summed E-state index contributed by atoms with van der Waals surface area (Å²) in [5.41, 5.74) is 4.00. The number of carbonyl (C=O) groups is 1. The summed E-state index contributed by atoms with van der Waals surface area (Å²) in [7, 11) is 0. The number of nitrogens with one attached hydrogen (secondary N) is 3. The fraction of sp³-hybridized carbons (Fsp3) is 0.267. The zero-order valence-electron chi connectivity index (χ0n) is 21.1. The number of carbonyl (C=O) groups excluding carboxylic acids is 1.